The van der Waals surface area contributed by atoms with Gasteiger partial charge in [-0.25, -0.2) is 13.8 Å². The van der Waals surface area contributed by atoms with Crippen LogP contribution in [0.1, 0.15) is 50.8 Å². The molecule has 2 aromatic heterocycles. The van der Waals surface area contributed by atoms with Crippen LogP contribution in [0.5, 0.6) is 0 Å². The molecule has 0 bridgehead atoms. The summed E-state index contributed by atoms with van der Waals surface area (Å²) in [6.45, 7) is 3.36. The fourth-order valence-electron chi connectivity index (χ4n) is 5.76. The molecule has 4 heterocycles. The summed E-state index contributed by atoms with van der Waals surface area (Å²) in [5.74, 6) is 1.16. The summed E-state index contributed by atoms with van der Waals surface area (Å²) in [7, 11) is 0. The summed E-state index contributed by atoms with van der Waals surface area (Å²) < 4.78 is 35.1. The molecule has 2 saturated heterocycles. The van der Waals surface area contributed by atoms with Gasteiger partial charge in [0.1, 0.15) is 11.6 Å². The lowest BCUT2D eigenvalue weighted by molar-refractivity contribution is -0.123. The number of rotatable bonds is 7. The third-order valence-corrected chi connectivity index (χ3v) is 7.83. The average molecular weight is 541 g/mol. The summed E-state index contributed by atoms with van der Waals surface area (Å²) >= 11 is 0. The normalized spacial score (nSPS) is 23.9. The van der Waals surface area contributed by atoms with E-state index in [-0.39, 0.29) is 29.9 Å². The van der Waals surface area contributed by atoms with Crippen LogP contribution in [0.4, 0.5) is 20.5 Å². The van der Waals surface area contributed by atoms with E-state index < -0.39 is 6.43 Å². The maximum atomic E-state index is 14.1. The zero-order valence-electron chi connectivity index (χ0n) is 21.8. The Balaban J connectivity index is 1.24. The molecule has 2 aliphatic heterocycles. The Bertz CT molecular complexity index is 1300. The molecule has 0 radical (unpaired) electrons. The molecule has 0 unspecified atom stereocenters. The molecule has 1 amide bonds. The Morgan fingerprint density at radius 3 is 2.49 bits per heavy atom. The fourth-order valence-corrected chi connectivity index (χ4v) is 5.76. The van der Waals surface area contributed by atoms with Gasteiger partial charge in [-0.15, -0.1) is 0 Å². The van der Waals surface area contributed by atoms with Crippen molar-refractivity contribution in [2.75, 3.05) is 43.1 Å². The highest BCUT2D eigenvalue weighted by atomic mass is 19.3. The number of hydrogen-bond acceptors (Lipinski definition) is 8. The van der Waals surface area contributed by atoms with Crippen molar-refractivity contribution in [2.24, 2.45) is 0 Å². The first kappa shape index (κ1) is 25.9. The number of anilines is 2. The van der Waals surface area contributed by atoms with Gasteiger partial charge in [0.25, 0.3) is 6.43 Å². The lowest BCUT2D eigenvalue weighted by Gasteiger charge is -2.31. The molecule has 1 aliphatic carbocycles. The standard InChI is InChI=1S/C27H34F2N8O2/c28-24(29)25-33-19-4-1-2-6-21(19)37(25)23-16-22(36-12-14-39-15-13-36)34-27(35-23)32-18-9-7-17(8-10-18)31-26(38)20-5-3-11-30-20/h1-2,4,6,16-18,20,24,30H,3,5,7-15H2,(H,31,38)(H,32,34,35)/t17?,18?,20-/m0/s1. The Morgan fingerprint density at radius 1 is 1.00 bits per heavy atom. The summed E-state index contributed by atoms with van der Waals surface area (Å²) in [4.78, 5) is 28.3. The minimum atomic E-state index is -2.76. The van der Waals surface area contributed by atoms with Crippen molar-refractivity contribution in [1.29, 1.82) is 0 Å². The minimum absolute atomic E-state index is 0.0759. The van der Waals surface area contributed by atoms with E-state index in [9.17, 15) is 13.6 Å². The van der Waals surface area contributed by atoms with Gasteiger partial charge in [0, 0.05) is 31.2 Å². The van der Waals surface area contributed by atoms with Gasteiger partial charge < -0.3 is 25.6 Å². The number of hydrogen-bond donors (Lipinski definition) is 3. The van der Waals surface area contributed by atoms with Crippen molar-refractivity contribution >= 4 is 28.7 Å². The van der Waals surface area contributed by atoms with E-state index in [2.05, 4.69) is 25.8 Å². The highest BCUT2D eigenvalue weighted by molar-refractivity contribution is 5.82. The van der Waals surface area contributed by atoms with Crippen molar-refractivity contribution in [1.82, 2.24) is 30.2 Å². The topological polar surface area (TPSA) is 109 Å². The number of para-hydroxylation sites is 2. The van der Waals surface area contributed by atoms with Gasteiger partial charge in [-0.05, 0) is 57.2 Å². The number of benzene rings is 1. The summed E-state index contributed by atoms with van der Waals surface area (Å²) in [5.41, 5.74) is 1.06. The molecule has 12 heteroatoms. The maximum Gasteiger partial charge on any atom is 0.296 e. The van der Waals surface area contributed by atoms with Crippen LogP contribution in [0.2, 0.25) is 0 Å². The second-order valence-electron chi connectivity index (χ2n) is 10.5. The molecule has 3 aromatic rings. The number of morpholine rings is 1. The summed E-state index contributed by atoms with van der Waals surface area (Å²) in [6, 6.07) is 9.02. The van der Waals surface area contributed by atoms with E-state index in [1.807, 2.05) is 0 Å². The van der Waals surface area contributed by atoms with Gasteiger partial charge in [0.2, 0.25) is 11.9 Å². The lowest BCUT2D eigenvalue weighted by atomic mass is 9.91. The Hall–Kier alpha value is -3.38. The van der Waals surface area contributed by atoms with Crippen molar-refractivity contribution in [3.63, 3.8) is 0 Å². The monoisotopic (exact) mass is 540 g/mol. The van der Waals surface area contributed by atoms with E-state index >= 15 is 0 Å². The Labute approximate surface area is 225 Å². The van der Waals surface area contributed by atoms with Crippen LogP contribution in [-0.4, -0.2) is 76.4 Å². The largest absolute Gasteiger partial charge is 0.378 e. The van der Waals surface area contributed by atoms with Crippen LogP contribution in [0.3, 0.4) is 0 Å². The summed E-state index contributed by atoms with van der Waals surface area (Å²) in [6.07, 6.45) is 2.57. The fraction of sp³-hybridized carbons (Fsp3) is 0.556. The highest BCUT2D eigenvalue weighted by Gasteiger charge is 2.28. The van der Waals surface area contributed by atoms with Crippen LogP contribution in [0.25, 0.3) is 16.9 Å². The maximum absolute atomic E-state index is 14.1. The van der Waals surface area contributed by atoms with Crippen LogP contribution >= 0.6 is 0 Å². The number of alkyl halides is 2. The molecule has 3 fully saturated rings. The molecule has 1 atom stereocenters. The zero-order chi connectivity index (χ0) is 26.8. The van der Waals surface area contributed by atoms with Gasteiger partial charge in [-0.2, -0.15) is 9.97 Å². The number of carbonyl (C=O) groups excluding carboxylic acids is 1. The first-order chi connectivity index (χ1) is 19.0. The molecule has 6 rings (SSSR count). The zero-order valence-corrected chi connectivity index (χ0v) is 21.8. The van der Waals surface area contributed by atoms with Gasteiger partial charge in [0.15, 0.2) is 5.82 Å². The number of amides is 1. The van der Waals surface area contributed by atoms with E-state index in [0.717, 1.165) is 45.1 Å². The molecular formula is C27H34F2N8O2. The predicted molar refractivity (Wildman–Crippen MR) is 143 cm³/mol. The highest BCUT2D eigenvalue weighted by Crippen LogP contribution is 2.30. The second-order valence-corrected chi connectivity index (χ2v) is 10.5. The lowest BCUT2D eigenvalue weighted by Crippen LogP contribution is -2.47. The van der Waals surface area contributed by atoms with Crippen LogP contribution in [-0.2, 0) is 9.53 Å². The van der Waals surface area contributed by atoms with Gasteiger partial charge in [-0.1, -0.05) is 12.1 Å². The number of nitrogens with one attached hydrogen (secondary N) is 3. The number of fused-ring (bicyclic) bond motifs is 1. The van der Waals surface area contributed by atoms with E-state index in [4.69, 9.17) is 14.7 Å². The van der Waals surface area contributed by atoms with Gasteiger partial charge in [-0.3, -0.25) is 9.36 Å². The number of imidazole rings is 1. The SMILES string of the molecule is O=C(NC1CCC(Nc2nc(N3CCOCC3)cc(-n3c(C(F)F)nc4ccccc43)n2)CC1)[C@@H]1CCCN1. The van der Waals surface area contributed by atoms with Gasteiger partial charge >= 0.3 is 0 Å². The molecule has 208 valence electrons. The first-order valence-electron chi connectivity index (χ1n) is 13.8. The molecule has 3 aliphatic rings. The first-order valence-corrected chi connectivity index (χ1v) is 13.8. The number of aromatic nitrogens is 4. The third-order valence-electron chi connectivity index (χ3n) is 7.83. The van der Waals surface area contributed by atoms with Crippen molar-refractivity contribution in [3.8, 4) is 5.82 Å². The molecule has 1 aromatic carbocycles. The van der Waals surface area contributed by atoms with Crippen molar-refractivity contribution in [2.45, 2.75) is 63.1 Å². The third kappa shape index (κ3) is 5.67. The number of halogens is 2. The van der Waals surface area contributed by atoms with E-state index in [1.54, 1.807) is 30.3 Å². The van der Waals surface area contributed by atoms with Crippen molar-refractivity contribution in [3.05, 3.63) is 36.2 Å². The smallest absolute Gasteiger partial charge is 0.296 e. The van der Waals surface area contributed by atoms with E-state index in [0.29, 0.717) is 54.9 Å². The second kappa shape index (κ2) is 11.4. The number of nitrogens with zero attached hydrogens (tertiary/aromatic N) is 5. The van der Waals surface area contributed by atoms with E-state index in [1.165, 1.54) is 4.57 Å². The van der Waals surface area contributed by atoms with Crippen LogP contribution in [0, 0.1) is 0 Å². The van der Waals surface area contributed by atoms with Crippen LogP contribution < -0.4 is 20.9 Å². The molecule has 0 spiro atoms. The van der Waals surface area contributed by atoms with Crippen LogP contribution in [0.15, 0.2) is 30.3 Å². The molecule has 39 heavy (non-hydrogen) atoms. The minimum Gasteiger partial charge on any atom is -0.378 e. The summed E-state index contributed by atoms with van der Waals surface area (Å²) in [5, 5.41) is 9.91. The molecule has 10 nitrogen and oxygen atoms in total. The molecule has 1 saturated carbocycles. The molecular weight excluding hydrogens is 506 g/mol. The predicted octanol–water partition coefficient (Wildman–Crippen LogP) is 3.18. The quantitative estimate of drug-likeness (QED) is 0.419. The number of carbonyl (C=O) groups is 1. The Kier molecular flexibility index (Phi) is 7.55. The number of ether oxygens (including phenoxy) is 1. The Morgan fingerprint density at radius 2 is 1.74 bits per heavy atom. The van der Waals surface area contributed by atoms with Gasteiger partial charge in [0.05, 0.1) is 30.3 Å². The molecule has 3 N–H and O–H groups in total. The van der Waals surface area contributed by atoms with Crippen molar-refractivity contribution < 1.29 is 18.3 Å². The average Bonchev–Trinajstić information content (AvgIpc) is 3.63.